The molecule has 2 fully saturated rings. The van der Waals surface area contributed by atoms with E-state index >= 15 is 0 Å². The van der Waals surface area contributed by atoms with E-state index in [-0.39, 0.29) is 18.1 Å². The van der Waals surface area contributed by atoms with Gasteiger partial charge >= 0.3 is 0 Å². The standard InChI is InChI=1S/C28H39NO6/c1-5-14-30-21-24(31-15-6-2)26(32-16-7-3)28(33-17-8-4)27-25-23(19-34-27)20-35-29(25)18-22-12-10-9-11-13-22/h5-13,23-28H,1-4,14-21H2/t23-,24-,25+,26-,27+,28+/m1/s1. The molecule has 1 aromatic carbocycles. The van der Waals surface area contributed by atoms with Crippen LogP contribution < -0.4 is 0 Å². The number of hydroxylamine groups is 2. The molecule has 0 radical (unpaired) electrons. The predicted octanol–water partition coefficient (Wildman–Crippen LogP) is 3.73. The van der Waals surface area contributed by atoms with Crippen LogP contribution in [-0.2, 0) is 35.1 Å². The molecule has 2 heterocycles. The van der Waals surface area contributed by atoms with Crippen LogP contribution in [0, 0.1) is 5.92 Å². The molecule has 0 aromatic heterocycles. The van der Waals surface area contributed by atoms with Crippen LogP contribution in [0.1, 0.15) is 5.56 Å². The SMILES string of the molecule is C=CCOC[C@@H](OCC=C)[C@@H](OCC=C)[C@H](OCC=C)[C@H]1OC[C@@H]2CON(Cc3ccccc3)[C@@H]21. The van der Waals surface area contributed by atoms with E-state index in [1.807, 2.05) is 23.3 Å². The van der Waals surface area contributed by atoms with Crippen LogP contribution >= 0.6 is 0 Å². The number of benzene rings is 1. The first-order chi connectivity index (χ1) is 17.2. The minimum Gasteiger partial charge on any atom is -0.375 e. The van der Waals surface area contributed by atoms with Crippen molar-refractivity contribution in [3.8, 4) is 0 Å². The van der Waals surface area contributed by atoms with E-state index in [0.717, 1.165) is 0 Å². The summed E-state index contributed by atoms with van der Waals surface area (Å²) in [6, 6.07) is 10.3. The maximum absolute atomic E-state index is 6.37. The van der Waals surface area contributed by atoms with Gasteiger partial charge in [-0.1, -0.05) is 54.6 Å². The average Bonchev–Trinajstić information content (AvgIpc) is 3.47. The summed E-state index contributed by atoms with van der Waals surface area (Å²) >= 11 is 0. The maximum atomic E-state index is 6.37. The van der Waals surface area contributed by atoms with E-state index in [1.54, 1.807) is 24.3 Å². The number of hydrogen-bond donors (Lipinski definition) is 0. The normalized spacial score (nSPS) is 24.4. The largest absolute Gasteiger partial charge is 0.375 e. The highest BCUT2D eigenvalue weighted by Crippen LogP contribution is 2.37. The summed E-state index contributed by atoms with van der Waals surface area (Å²) in [5.74, 6) is 0.239. The smallest absolute Gasteiger partial charge is 0.115 e. The Morgan fingerprint density at radius 1 is 0.886 bits per heavy atom. The molecule has 2 aliphatic heterocycles. The quantitative estimate of drug-likeness (QED) is 0.232. The van der Waals surface area contributed by atoms with Crippen molar-refractivity contribution in [3.63, 3.8) is 0 Å². The van der Waals surface area contributed by atoms with Gasteiger partial charge in [-0.25, -0.2) is 0 Å². The summed E-state index contributed by atoms with van der Waals surface area (Å²) in [7, 11) is 0. The Hall–Kier alpha value is -2.10. The molecule has 2 aliphatic rings. The second-order valence-electron chi connectivity index (χ2n) is 8.57. The number of rotatable bonds is 18. The van der Waals surface area contributed by atoms with E-state index in [9.17, 15) is 0 Å². The highest BCUT2D eigenvalue weighted by molar-refractivity contribution is 5.15. The first-order valence-corrected chi connectivity index (χ1v) is 12.1. The molecule has 3 rings (SSSR count). The predicted molar refractivity (Wildman–Crippen MR) is 136 cm³/mol. The fourth-order valence-electron chi connectivity index (χ4n) is 4.57. The van der Waals surface area contributed by atoms with Gasteiger partial charge in [-0.05, 0) is 5.56 Å². The van der Waals surface area contributed by atoms with Crippen molar-refractivity contribution in [2.45, 2.75) is 37.0 Å². The van der Waals surface area contributed by atoms with Crippen LogP contribution in [0.5, 0.6) is 0 Å². The lowest BCUT2D eigenvalue weighted by atomic mass is 9.92. The van der Waals surface area contributed by atoms with Crippen LogP contribution in [0.15, 0.2) is 81.0 Å². The molecule has 7 heteroatoms. The molecule has 1 aromatic rings. The molecular formula is C28H39NO6. The molecule has 6 atom stereocenters. The fraction of sp³-hybridized carbons (Fsp3) is 0.500. The summed E-state index contributed by atoms with van der Waals surface area (Å²) in [6.07, 6.45) is 5.20. The van der Waals surface area contributed by atoms with Crippen LogP contribution in [0.25, 0.3) is 0 Å². The number of hydrogen-bond acceptors (Lipinski definition) is 7. The Bertz CT molecular complexity index is 787. The van der Waals surface area contributed by atoms with Crippen molar-refractivity contribution in [2.24, 2.45) is 5.92 Å². The molecule has 0 saturated carbocycles. The van der Waals surface area contributed by atoms with Crippen LogP contribution in [-0.4, -0.2) is 81.8 Å². The topological polar surface area (TPSA) is 58.6 Å². The summed E-state index contributed by atoms with van der Waals surface area (Å²) < 4.78 is 30.9. The molecule has 2 saturated heterocycles. The average molecular weight is 486 g/mol. The Balaban J connectivity index is 1.86. The van der Waals surface area contributed by atoms with E-state index < -0.39 is 18.3 Å². The van der Waals surface area contributed by atoms with E-state index in [2.05, 4.69) is 38.4 Å². The van der Waals surface area contributed by atoms with Crippen molar-refractivity contribution in [3.05, 3.63) is 86.5 Å². The fourth-order valence-corrected chi connectivity index (χ4v) is 4.57. The van der Waals surface area contributed by atoms with Gasteiger partial charge in [0.1, 0.15) is 24.4 Å². The zero-order valence-electron chi connectivity index (χ0n) is 20.5. The van der Waals surface area contributed by atoms with Gasteiger partial charge in [-0.2, -0.15) is 5.06 Å². The zero-order valence-corrected chi connectivity index (χ0v) is 20.5. The lowest BCUT2D eigenvalue weighted by Crippen LogP contribution is -2.55. The summed E-state index contributed by atoms with van der Waals surface area (Å²) in [5.41, 5.74) is 1.17. The third-order valence-corrected chi connectivity index (χ3v) is 6.06. The Kier molecular flexibility index (Phi) is 11.9. The van der Waals surface area contributed by atoms with Crippen molar-refractivity contribution >= 4 is 0 Å². The lowest BCUT2D eigenvalue weighted by molar-refractivity contribution is -0.206. The Labute approximate surface area is 209 Å². The molecule has 35 heavy (non-hydrogen) atoms. The van der Waals surface area contributed by atoms with Gasteiger partial charge < -0.3 is 23.7 Å². The van der Waals surface area contributed by atoms with Gasteiger partial charge in [0.2, 0.25) is 0 Å². The third kappa shape index (κ3) is 7.69. The lowest BCUT2D eigenvalue weighted by Gasteiger charge is -2.38. The van der Waals surface area contributed by atoms with Gasteiger partial charge in [-0.3, -0.25) is 4.84 Å². The molecule has 0 spiro atoms. The first kappa shape index (κ1) is 27.5. The molecule has 0 unspecified atom stereocenters. The second kappa shape index (κ2) is 15.1. The van der Waals surface area contributed by atoms with Gasteiger partial charge in [0, 0.05) is 12.5 Å². The highest BCUT2D eigenvalue weighted by atomic mass is 16.7. The minimum absolute atomic E-state index is 0.00833. The van der Waals surface area contributed by atoms with E-state index in [0.29, 0.717) is 52.8 Å². The number of nitrogens with zero attached hydrogens (tertiary/aromatic N) is 1. The highest BCUT2D eigenvalue weighted by Gasteiger charge is 2.53. The number of fused-ring (bicyclic) bond motifs is 1. The molecule has 0 N–H and O–H groups in total. The van der Waals surface area contributed by atoms with Crippen molar-refractivity contribution in [1.29, 1.82) is 0 Å². The monoisotopic (exact) mass is 485 g/mol. The van der Waals surface area contributed by atoms with E-state index in [4.69, 9.17) is 28.5 Å². The van der Waals surface area contributed by atoms with Crippen LogP contribution in [0.4, 0.5) is 0 Å². The second-order valence-corrected chi connectivity index (χ2v) is 8.57. The van der Waals surface area contributed by atoms with Crippen LogP contribution in [0.3, 0.4) is 0 Å². The third-order valence-electron chi connectivity index (χ3n) is 6.06. The van der Waals surface area contributed by atoms with Gasteiger partial charge in [-0.15, -0.1) is 26.3 Å². The Morgan fingerprint density at radius 3 is 2.29 bits per heavy atom. The van der Waals surface area contributed by atoms with Crippen LogP contribution in [0.2, 0.25) is 0 Å². The molecule has 0 aliphatic carbocycles. The van der Waals surface area contributed by atoms with E-state index in [1.165, 1.54) is 5.56 Å². The summed E-state index contributed by atoms with van der Waals surface area (Å²) in [6.45, 7) is 18.8. The number of ether oxygens (including phenoxy) is 5. The maximum Gasteiger partial charge on any atom is 0.115 e. The minimum atomic E-state index is -0.486. The Morgan fingerprint density at radius 2 is 1.57 bits per heavy atom. The molecular weight excluding hydrogens is 446 g/mol. The van der Waals surface area contributed by atoms with Crippen molar-refractivity contribution < 1.29 is 28.5 Å². The first-order valence-electron chi connectivity index (χ1n) is 12.1. The molecule has 0 bridgehead atoms. The van der Waals surface area contributed by atoms with Crippen molar-refractivity contribution in [1.82, 2.24) is 5.06 Å². The molecule has 0 amide bonds. The molecule has 192 valence electrons. The zero-order chi connectivity index (χ0) is 24.9. The van der Waals surface area contributed by atoms with Gasteiger partial charge in [0.25, 0.3) is 0 Å². The summed E-state index contributed by atoms with van der Waals surface area (Å²) in [4.78, 5) is 6.11. The molecule has 7 nitrogen and oxygen atoms in total. The van der Waals surface area contributed by atoms with Crippen molar-refractivity contribution in [2.75, 3.05) is 46.2 Å². The summed E-state index contributed by atoms with van der Waals surface area (Å²) in [5, 5.41) is 2.03. The van der Waals surface area contributed by atoms with Gasteiger partial charge in [0.15, 0.2) is 0 Å². The van der Waals surface area contributed by atoms with Gasteiger partial charge in [0.05, 0.1) is 52.3 Å².